The summed E-state index contributed by atoms with van der Waals surface area (Å²) in [5.41, 5.74) is 2.92. The number of aromatic nitrogens is 2. The molecule has 0 spiro atoms. The summed E-state index contributed by atoms with van der Waals surface area (Å²) in [5.74, 6) is 3.04. The van der Waals surface area contributed by atoms with E-state index in [0.29, 0.717) is 0 Å². The van der Waals surface area contributed by atoms with Crippen LogP contribution < -0.4 is 4.90 Å². The second kappa shape index (κ2) is 7.23. The van der Waals surface area contributed by atoms with Crippen molar-refractivity contribution >= 4 is 27.4 Å². The second-order valence-corrected chi connectivity index (χ2v) is 9.26. The van der Waals surface area contributed by atoms with E-state index in [1.54, 1.807) is 10.4 Å². The lowest BCUT2D eigenvalue weighted by atomic mass is 9.89. The van der Waals surface area contributed by atoms with Crippen LogP contribution >= 0.6 is 11.3 Å². The molecule has 0 bridgehead atoms. The third-order valence-electron chi connectivity index (χ3n) is 6.07. The molecule has 0 N–H and O–H groups in total. The fraction of sp³-hybridized carbons (Fsp3) is 0.478. The van der Waals surface area contributed by atoms with E-state index >= 15 is 0 Å². The van der Waals surface area contributed by atoms with E-state index in [9.17, 15) is 0 Å². The molecular weight excluding hydrogens is 350 g/mol. The lowest BCUT2D eigenvalue weighted by Gasteiger charge is -2.21. The molecule has 0 saturated carbocycles. The first-order chi connectivity index (χ1) is 13.3. The minimum Gasteiger partial charge on any atom is -0.356 e. The Kier molecular flexibility index (Phi) is 4.60. The minimum absolute atomic E-state index is 0.798. The largest absolute Gasteiger partial charge is 0.356 e. The summed E-state index contributed by atoms with van der Waals surface area (Å²) < 4.78 is 0. The van der Waals surface area contributed by atoms with Crippen LogP contribution in [0.3, 0.4) is 0 Å². The number of anilines is 1. The smallest absolute Gasteiger partial charge is 0.141 e. The first-order valence-corrected chi connectivity index (χ1v) is 11.2. The Morgan fingerprint density at radius 1 is 1.07 bits per heavy atom. The van der Waals surface area contributed by atoms with Crippen LogP contribution in [0.25, 0.3) is 10.2 Å². The van der Waals surface area contributed by atoms with Gasteiger partial charge in [0.15, 0.2) is 0 Å². The van der Waals surface area contributed by atoms with Crippen LogP contribution in [0.4, 0.5) is 5.82 Å². The highest BCUT2D eigenvalue weighted by atomic mass is 32.1. The second-order valence-electron chi connectivity index (χ2n) is 8.18. The molecule has 4 heteroatoms. The number of rotatable bonds is 4. The molecule has 2 aliphatic rings. The SMILES string of the molecule is C[C@H]1CCc2c(sc3nc(CCc4ccccc4)nc(N4CCCC4)c23)C1. The van der Waals surface area contributed by atoms with Crippen LogP contribution in [0.1, 0.15) is 48.0 Å². The maximum Gasteiger partial charge on any atom is 0.141 e. The molecule has 140 valence electrons. The van der Waals surface area contributed by atoms with Gasteiger partial charge in [0.25, 0.3) is 0 Å². The zero-order valence-corrected chi connectivity index (χ0v) is 16.9. The van der Waals surface area contributed by atoms with Crippen molar-refractivity contribution in [3.63, 3.8) is 0 Å². The standard InChI is InChI=1S/C23H27N3S/c1-16-9-11-18-19(15-16)27-23-21(18)22(26-13-5-6-14-26)24-20(25-23)12-10-17-7-3-2-4-8-17/h2-4,7-8,16H,5-6,9-15H2,1H3/t16-/m0/s1. The van der Waals surface area contributed by atoms with Crippen molar-refractivity contribution in [2.24, 2.45) is 5.92 Å². The van der Waals surface area contributed by atoms with Crippen LogP contribution in [0.15, 0.2) is 30.3 Å². The first-order valence-electron chi connectivity index (χ1n) is 10.4. The van der Waals surface area contributed by atoms with Crippen LogP contribution in [0, 0.1) is 5.92 Å². The molecule has 1 aromatic carbocycles. The van der Waals surface area contributed by atoms with Crippen LogP contribution in [-0.4, -0.2) is 23.1 Å². The average molecular weight is 378 g/mol. The number of hydrogen-bond acceptors (Lipinski definition) is 4. The van der Waals surface area contributed by atoms with Gasteiger partial charge >= 0.3 is 0 Å². The van der Waals surface area contributed by atoms with Gasteiger partial charge in [-0.25, -0.2) is 9.97 Å². The van der Waals surface area contributed by atoms with Crippen molar-refractivity contribution in [1.82, 2.24) is 9.97 Å². The van der Waals surface area contributed by atoms with E-state index in [-0.39, 0.29) is 0 Å². The van der Waals surface area contributed by atoms with E-state index in [0.717, 1.165) is 37.7 Å². The number of hydrogen-bond donors (Lipinski definition) is 0. The van der Waals surface area contributed by atoms with Gasteiger partial charge in [-0.3, -0.25) is 0 Å². The normalized spacial score (nSPS) is 19.6. The van der Waals surface area contributed by atoms with Crippen molar-refractivity contribution in [2.75, 3.05) is 18.0 Å². The first kappa shape index (κ1) is 17.2. The van der Waals surface area contributed by atoms with Crippen LogP contribution in [-0.2, 0) is 25.7 Å². The van der Waals surface area contributed by atoms with Gasteiger partial charge in [0.1, 0.15) is 16.5 Å². The lowest BCUT2D eigenvalue weighted by molar-refractivity contribution is 0.509. The predicted octanol–water partition coefficient (Wildman–Crippen LogP) is 5.20. The molecule has 1 saturated heterocycles. The summed E-state index contributed by atoms with van der Waals surface area (Å²) in [4.78, 5) is 15.5. The Balaban J connectivity index is 1.54. The molecule has 3 nitrogen and oxygen atoms in total. The molecule has 2 aromatic heterocycles. The summed E-state index contributed by atoms with van der Waals surface area (Å²) in [6.07, 6.45) is 8.21. The molecule has 3 heterocycles. The maximum atomic E-state index is 5.12. The van der Waals surface area contributed by atoms with Gasteiger partial charge in [0.05, 0.1) is 5.39 Å². The zero-order valence-electron chi connectivity index (χ0n) is 16.1. The van der Waals surface area contributed by atoms with Crippen LogP contribution in [0.2, 0.25) is 0 Å². The molecule has 1 aliphatic carbocycles. The Labute approximate surface area is 165 Å². The molecule has 27 heavy (non-hydrogen) atoms. The molecule has 3 aromatic rings. The van der Waals surface area contributed by atoms with Crippen molar-refractivity contribution in [3.05, 3.63) is 52.2 Å². The Bertz CT molecular complexity index is 941. The highest BCUT2D eigenvalue weighted by molar-refractivity contribution is 7.19. The summed E-state index contributed by atoms with van der Waals surface area (Å²) in [7, 11) is 0. The van der Waals surface area contributed by atoms with Gasteiger partial charge in [-0.05, 0) is 55.6 Å². The number of aryl methyl sites for hydroxylation is 3. The van der Waals surface area contributed by atoms with E-state index in [1.807, 2.05) is 11.3 Å². The highest BCUT2D eigenvalue weighted by Gasteiger charge is 2.26. The quantitative estimate of drug-likeness (QED) is 0.626. The van der Waals surface area contributed by atoms with E-state index in [2.05, 4.69) is 42.2 Å². The molecule has 0 radical (unpaired) electrons. The maximum absolute atomic E-state index is 5.12. The zero-order chi connectivity index (χ0) is 18.2. The van der Waals surface area contributed by atoms with Gasteiger partial charge in [-0.15, -0.1) is 11.3 Å². The summed E-state index contributed by atoms with van der Waals surface area (Å²) >= 11 is 1.93. The van der Waals surface area contributed by atoms with E-state index < -0.39 is 0 Å². The summed E-state index contributed by atoms with van der Waals surface area (Å²) in [6.45, 7) is 4.67. The Morgan fingerprint density at radius 3 is 2.70 bits per heavy atom. The van der Waals surface area contributed by atoms with Crippen molar-refractivity contribution in [2.45, 2.75) is 51.9 Å². The van der Waals surface area contributed by atoms with Gasteiger partial charge in [-0.2, -0.15) is 0 Å². The molecule has 1 aliphatic heterocycles. The Morgan fingerprint density at radius 2 is 1.89 bits per heavy atom. The van der Waals surface area contributed by atoms with Crippen molar-refractivity contribution in [1.29, 1.82) is 0 Å². The number of nitrogens with zero attached hydrogens (tertiary/aromatic N) is 3. The van der Waals surface area contributed by atoms with Gasteiger partial charge in [0.2, 0.25) is 0 Å². The third-order valence-corrected chi connectivity index (χ3v) is 7.22. The van der Waals surface area contributed by atoms with Gasteiger partial charge in [0, 0.05) is 24.4 Å². The van der Waals surface area contributed by atoms with Crippen molar-refractivity contribution in [3.8, 4) is 0 Å². The number of benzene rings is 1. The summed E-state index contributed by atoms with van der Waals surface area (Å²) in [6, 6.07) is 10.7. The molecular formula is C23H27N3S. The summed E-state index contributed by atoms with van der Waals surface area (Å²) in [5, 5.41) is 1.38. The van der Waals surface area contributed by atoms with Crippen molar-refractivity contribution < 1.29 is 0 Å². The molecule has 1 atom stereocenters. The lowest BCUT2D eigenvalue weighted by Crippen LogP contribution is -2.21. The molecule has 0 amide bonds. The topological polar surface area (TPSA) is 29.0 Å². The van der Waals surface area contributed by atoms with Gasteiger partial charge < -0.3 is 4.90 Å². The number of thiophene rings is 1. The van der Waals surface area contributed by atoms with Crippen LogP contribution in [0.5, 0.6) is 0 Å². The van der Waals surface area contributed by atoms with Gasteiger partial charge in [-0.1, -0.05) is 37.3 Å². The predicted molar refractivity (Wildman–Crippen MR) is 114 cm³/mol. The van der Waals surface area contributed by atoms with E-state index in [1.165, 1.54) is 53.7 Å². The molecule has 5 rings (SSSR count). The monoisotopic (exact) mass is 377 g/mol. The fourth-order valence-corrected chi connectivity index (χ4v) is 5.93. The molecule has 1 fully saturated rings. The minimum atomic E-state index is 0.798. The highest BCUT2D eigenvalue weighted by Crippen LogP contribution is 2.41. The fourth-order valence-electron chi connectivity index (χ4n) is 4.54. The average Bonchev–Trinajstić information content (AvgIpc) is 3.34. The molecule has 0 unspecified atom stereocenters. The van der Waals surface area contributed by atoms with E-state index in [4.69, 9.17) is 9.97 Å². The number of fused-ring (bicyclic) bond motifs is 3. The Hall–Kier alpha value is -1.94. The third kappa shape index (κ3) is 3.36.